The van der Waals surface area contributed by atoms with Gasteiger partial charge in [0.25, 0.3) is 0 Å². The molecule has 0 aromatic heterocycles. The molecule has 1 saturated carbocycles. The van der Waals surface area contributed by atoms with Crippen molar-refractivity contribution >= 4 is 5.69 Å². The molecule has 3 heteroatoms. The zero-order valence-corrected chi connectivity index (χ0v) is 11.3. The molecule has 1 aliphatic rings. The molecule has 2 nitrogen and oxygen atoms in total. The summed E-state index contributed by atoms with van der Waals surface area (Å²) in [6.07, 6.45) is 3.64. The largest absolute Gasteiger partial charge is 0.398 e. The van der Waals surface area contributed by atoms with Crippen LogP contribution in [0.15, 0.2) is 18.2 Å². The maximum absolute atomic E-state index is 13.8. The second-order valence-electron chi connectivity index (χ2n) is 5.69. The van der Waals surface area contributed by atoms with Crippen molar-refractivity contribution in [3.05, 3.63) is 29.6 Å². The van der Waals surface area contributed by atoms with Gasteiger partial charge in [-0.3, -0.25) is 4.90 Å². The number of halogens is 1. The number of nitrogens with two attached hydrogens (primary N) is 1. The summed E-state index contributed by atoms with van der Waals surface area (Å²) in [5.74, 6) is 0.509. The minimum absolute atomic E-state index is 0.176. The van der Waals surface area contributed by atoms with Crippen LogP contribution in [-0.2, 0) is 6.54 Å². The number of hydrogen-bond donors (Lipinski definition) is 1. The maximum Gasteiger partial charge on any atom is 0.129 e. The molecule has 0 unspecified atom stereocenters. The van der Waals surface area contributed by atoms with E-state index in [0.717, 1.165) is 13.0 Å². The van der Waals surface area contributed by atoms with Crippen molar-refractivity contribution < 1.29 is 4.39 Å². The molecule has 0 radical (unpaired) electrons. The number of hydrogen-bond acceptors (Lipinski definition) is 2. The van der Waals surface area contributed by atoms with E-state index in [1.54, 1.807) is 12.1 Å². The van der Waals surface area contributed by atoms with Crippen LogP contribution in [-0.4, -0.2) is 17.5 Å². The first-order chi connectivity index (χ1) is 8.58. The lowest BCUT2D eigenvalue weighted by Crippen LogP contribution is -2.28. The third kappa shape index (κ3) is 3.45. The first-order valence-electron chi connectivity index (χ1n) is 6.85. The van der Waals surface area contributed by atoms with Crippen LogP contribution in [0.5, 0.6) is 0 Å². The minimum atomic E-state index is -0.176. The van der Waals surface area contributed by atoms with Gasteiger partial charge in [-0.05, 0) is 43.9 Å². The van der Waals surface area contributed by atoms with Crippen LogP contribution >= 0.6 is 0 Å². The van der Waals surface area contributed by atoms with E-state index in [0.29, 0.717) is 29.8 Å². The summed E-state index contributed by atoms with van der Waals surface area (Å²) in [7, 11) is 0. The number of rotatable bonds is 6. The monoisotopic (exact) mass is 250 g/mol. The molecular weight excluding hydrogens is 227 g/mol. The summed E-state index contributed by atoms with van der Waals surface area (Å²) in [6.45, 7) is 6.14. The van der Waals surface area contributed by atoms with Gasteiger partial charge in [-0.1, -0.05) is 19.9 Å². The Bertz CT molecular complexity index is 379. The lowest BCUT2D eigenvalue weighted by molar-refractivity contribution is 0.237. The van der Waals surface area contributed by atoms with E-state index in [4.69, 9.17) is 5.73 Å². The minimum Gasteiger partial charge on any atom is -0.398 e. The van der Waals surface area contributed by atoms with Crippen molar-refractivity contribution in [1.82, 2.24) is 4.90 Å². The van der Waals surface area contributed by atoms with Gasteiger partial charge in [-0.15, -0.1) is 0 Å². The zero-order chi connectivity index (χ0) is 13.1. The lowest BCUT2D eigenvalue weighted by Gasteiger charge is -2.24. The molecule has 0 heterocycles. The van der Waals surface area contributed by atoms with Gasteiger partial charge < -0.3 is 5.73 Å². The fraction of sp³-hybridized carbons (Fsp3) is 0.600. The highest BCUT2D eigenvalue weighted by Gasteiger charge is 2.29. The molecule has 0 aliphatic heterocycles. The molecule has 2 N–H and O–H groups in total. The van der Waals surface area contributed by atoms with Gasteiger partial charge in [0.1, 0.15) is 5.82 Å². The van der Waals surface area contributed by atoms with E-state index in [2.05, 4.69) is 18.7 Å². The molecule has 0 saturated heterocycles. The van der Waals surface area contributed by atoms with E-state index in [9.17, 15) is 4.39 Å². The molecule has 1 aromatic carbocycles. The summed E-state index contributed by atoms with van der Waals surface area (Å²) in [5.41, 5.74) is 7.11. The fourth-order valence-corrected chi connectivity index (χ4v) is 2.20. The standard InChI is InChI=1S/C15H23FN2/c1-11(2)8-9-18(12-6-7-12)10-13-14(16)4-3-5-15(13)17/h3-5,11-12H,6-10,17H2,1-2H3. The van der Waals surface area contributed by atoms with Crippen molar-refractivity contribution in [2.75, 3.05) is 12.3 Å². The van der Waals surface area contributed by atoms with Gasteiger partial charge in [0.2, 0.25) is 0 Å². The third-order valence-corrected chi connectivity index (χ3v) is 3.57. The smallest absolute Gasteiger partial charge is 0.129 e. The Morgan fingerprint density at radius 3 is 2.67 bits per heavy atom. The Labute approximate surface area is 109 Å². The first kappa shape index (κ1) is 13.3. The molecule has 1 aliphatic carbocycles. The Kier molecular flexibility index (Phi) is 4.23. The number of anilines is 1. The van der Waals surface area contributed by atoms with Gasteiger partial charge in [0.05, 0.1) is 0 Å². The molecule has 0 bridgehead atoms. The predicted molar refractivity (Wildman–Crippen MR) is 73.7 cm³/mol. The highest BCUT2D eigenvalue weighted by Crippen LogP contribution is 2.30. The fourth-order valence-electron chi connectivity index (χ4n) is 2.20. The van der Waals surface area contributed by atoms with E-state index in [1.165, 1.54) is 18.9 Å². The summed E-state index contributed by atoms with van der Waals surface area (Å²) < 4.78 is 13.8. The molecule has 2 rings (SSSR count). The summed E-state index contributed by atoms with van der Waals surface area (Å²) in [5, 5.41) is 0. The van der Waals surface area contributed by atoms with Crippen LogP contribution in [0.1, 0.15) is 38.7 Å². The highest BCUT2D eigenvalue weighted by molar-refractivity contribution is 5.47. The van der Waals surface area contributed by atoms with E-state index in [1.807, 2.05) is 0 Å². The highest BCUT2D eigenvalue weighted by atomic mass is 19.1. The van der Waals surface area contributed by atoms with Gasteiger partial charge in [0, 0.05) is 23.8 Å². The van der Waals surface area contributed by atoms with Crippen molar-refractivity contribution in [3.63, 3.8) is 0 Å². The zero-order valence-electron chi connectivity index (χ0n) is 11.3. The maximum atomic E-state index is 13.8. The lowest BCUT2D eigenvalue weighted by atomic mass is 10.1. The van der Waals surface area contributed by atoms with E-state index >= 15 is 0 Å². The average molecular weight is 250 g/mol. The summed E-state index contributed by atoms with van der Waals surface area (Å²) in [6, 6.07) is 5.59. The second kappa shape index (κ2) is 5.70. The quantitative estimate of drug-likeness (QED) is 0.784. The van der Waals surface area contributed by atoms with Crippen LogP contribution in [0.3, 0.4) is 0 Å². The van der Waals surface area contributed by atoms with Crippen molar-refractivity contribution in [1.29, 1.82) is 0 Å². The SMILES string of the molecule is CC(C)CCN(Cc1c(N)cccc1F)C1CC1. The van der Waals surface area contributed by atoms with E-state index in [-0.39, 0.29) is 5.82 Å². The van der Waals surface area contributed by atoms with E-state index < -0.39 is 0 Å². The summed E-state index contributed by atoms with van der Waals surface area (Å²) >= 11 is 0. The molecular formula is C15H23FN2. The first-order valence-corrected chi connectivity index (χ1v) is 6.85. The molecule has 0 spiro atoms. The number of benzene rings is 1. The Morgan fingerprint density at radius 1 is 1.39 bits per heavy atom. The Morgan fingerprint density at radius 2 is 2.11 bits per heavy atom. The third-order valence-electron chi connectivity index (χ3n) is 3.57. The van der Waals surface area contributed by atoms with Gasteiger partial charge in [0.15, 0.2) is 0 Å². The van der Waals surface area contributed by atoms with Crippen LogP contribution in [0.25, 0.3) is 0 Å². The molecule has 0 atom stereocenters. The Hall–Kier alpha value is -1.09. The molecule has 1 aromatic rings. The number of nitrogen functional groups attached to an aromatic ring is 1. The van der Waals surface area contributed by atoms with Crippen molar-refractivity contribution in [2.24, 2.45) is 5.92 Å². The molecule has 18 heavy (non-hydrogen) atoms. The molecule has 100 valence electrons. The second-order valence-corrected chi connectivity index (χ2v) is 5.69. The number of nitrogens with zero attached hydrogens (tertiary/aromatic N) is 1. The van der Waals surface area contributed by atoms with Crippen LogP contribution in [0.2, 0.25) is 0 Å². The van der Waals surface area contributed by atoms with Gasteiger partial charge in [-0.2, -0.15) is 0 Å². The summed E-state index contributed by atoms with van der Waals surface area (Å²) in [4.78, 5) is 2.38. The van der Waals surface area contributed by atoms with Crippen LogP contribution in [0.4, 0.5) is 10.1 Å². The van der Waals surface area contributed by atoms with Gasteiger partial charge in [-0.25, -0.2) is 4.39 Å². The molecule has 1 fully saturated rings. The normalized spacial score (nSPS) is 15.6. The van der Waals surface area contributed by atoms with Crippen LogP contribution in [0, 0.1) is 11.7 Å². The Balaban J connectivity index is 2.04. The average Bonchev–Trinajstić information content (AvgIpc) is 3.11. The molecule has 0 amide bonds. The van der Waals surface area contributed by atoms with Crippen molar-refractivity contribution in [2.45, 2.75) is 45.7 Å². The van der Waals surface area contributed by atoms with Crippen LogP contribution < -0.4 is 5.73 Å². The topological polar surface area (TPSA) is 29.3 Å². The van der Waals surface area contributed by atoms with Gasteiger partial charge >= 0.3 is 0 Å². The van der Waals surface area contributed by atoms with Crippen molar-refractivity contribution in [3.8, 4) is 0 Å². The predicted octanol–water partition coefficient (Wildman–Crippen LogP) is 3.42.